The maximum absolute atomic E-state index is 11.0. The van der Waals surface area contributed by atoms with Gasteiger partial charge in [-0.2, -0.15) is 0 Å². The van der Waals surface area contributed by atoms with Gasteiger partial charge >= 0.3 is 5.97 Å². The number of aromatic carboxylic acids is 1. The number of methoxy groups -OCH3 is 1. The summed E-state index contributed by atoms with van der Waals surface area (Å²) in [5.74, 6) is 0.0472. The summed E-state index contributed by atoms with van der Waals surface area (Å²) in [7, 11) is 1.47. The molecule has 3 rings (SSSR count). The Morgan fingerprint density at radius 3 is 2.31 bits per heavy atom. The van der Waals surface area contributed by atoms with E-state index in [4.69, 9.17) is 24.5 Å². The van der Waals surface area contributed by atoms with Gasteiger partial charge in [0.05, 0.1) is 18.8 Å². The van der Waals surface area contributed by atoms with Gasteiger partial charge in [-0.1, -0.05) is 0 Å². The Hall–Kier alpha value is -2.32. The van der Waals surface area contributed by atoms with Crippen molar-refractivity contribution < 1.29 is 34.4 Å². The Morgan fingerprint density at radius 1 is 1.12 bits per heavy atom. The van der Waals surface area contributed by atoms with Gasteiger partial charge in [-0.15, -0.1) is 0 Å². The number of ether oxygens (including phenoxy) is 2. The van der Waals surface area contributed by atoms with Gasteiger partial charge < -0.3 is 30.1 Å². The number of carboxylic acid groups (broad SMARTS) is 2. The van der Waals surface area contributed by atoms with E-state index < -0.39 is 18.0 Å². The highest BCUT2D eigenvalue weighted by Crippen LogP contribution is 2.37. The lowest BCUT2D eigenvalue weighted by Gasteiger charge is -2.35. The van der Waals surface area contributed by atoms with Gasteiger partial charge in [0.1, 0.15) is 6.10 Å². The SMILES string of the molecule is CC(=O)O.COc1cc(C(=O)O)ccc1O[C@@H]1C[C@@H]2CNC[C@@H]2C[C@H]1O. The van der Waals surface area contributed by atoms with Crippen LogP contribution in [0.25, 0.3) is 0 Å². The molecule has 1 aromatic carbocycles. The van der Waals surface area contributed by atoms with Crippen LogP contribution in [0, 0.1) is 11.8 Å². The number of carboxylic acids is 2. The number of hydrogen-bond donors (Lipinski definition) is 4. The molecule has 1 heterocycles. The summed E-state index contributed by atoms with van der Waals surface area (Å²) < 4.78 is 11.2. The van der Waals surface area contributed by atoms with Gasteiger partial charge in [-0.3, -0.25) is 4.79 Å². The van der Waals surface area contributed by atoms with Crippen molar-refractivity contribution in [3.63, 3.8) is 0 Å². The van der Waals surface area contributed by atoms with Gasteiger partial charge in [0.2, 0.25) is 0 Å². The molecule has 4 N–H and O–H groups in total. The van der Waals surface area contributed by atoms with Crippen molar-refractivity contribution in [2.24, 2.45) is 11.8 Å². The molecule has 1 aliphatic heterocycles. The van der Waals surface area contributed by atoms with Gasteiger partial charge in [0, 0.05) is 6.92 Å². The largest absolute Gasteiger partial charge is 0.493 e. The van der Waals surface area contributed by atoms with E-state index in [1.165, 1.54) is 19.2 Å². The first kappa shape index (κ1) is 20.0. The van der Waals surface area contributed by atoms with E-state index in [1.807, 2.05) is 0 Å². The van der Waals surface area contributed by atoms with Gasteiger partial charge in [0.25, 0.3) is 5.97 Å². The van der Waals surface area contributed by atoms with Crippen LogP contribution in [0.5, 0.6) is 11.5 Å². The number of benzene rings is 1. The van der Waals surface area contributed by atoms with Crippen molar-refractivity contribution in [2.45, 2.75) is 32.0 Å². The highest BCUT2D eigenvalue weighted by molar-refractivity contribution is 5.88. The van der Waals surface area contributed by atoms with Crippen molar-refractivity contribution in [3.8, 4) is 11.5 Å². The van der Waals surface area contributed by atoms with Crippen LogP contribution in [0.4, 0.5) is 0 Å². The molecule has 0 unspecified atom stereocenters. The fourth-order valence-electron chi connectivity index (χ4n) is 3.44. The van der Waals surface area contributed by atoms with E-state index in [9.17, 15) is 9.90 Å². The van der Waals surface area contributed by atoms with Crippen LogP contribution >= 0.6 is 0 Å². The second-order valence-corrected chi connectivity index (χ2v) is 6.56. The molecule has 8 heteroatoms. The summed E-state index contributed by atoms with van der Waals surface area (Å²) in [5, 5.41) is 30.1. The molecular formula is C18H25NO7. The average Bonchev–Trinajstić information content (AvgIpc) is 3.01. The number of rotatable bonds is 4. The number of carbonyl (C=O) groups is 2. The Kier molecular flexibility index (Phi) is 6.82. The van der Waals surface area contributed by atoms with E-state index in [2.05, 4.69) is 5.32 Å². The third-order valence-electron chi connectivity index (χ3n) is 4.68. The van der Waals surface area contributed by atoms with E-state index in [0.29, 0.717) is 23.3 Å². The van der Waals surface area contributed by atoms with Crippen LogP contribution in [0.1, 0.15) is 30.1 Å². The first-order valence-electron chi connectivity index (χ1n) is 8.48. The van der Waals surface area contributed by atoms with Crippen LogP contribution in [-0.2, 0) is 4.79 Å². The third kappa shape index (κ3) is 5.09. The van der Waals surface area contributed by atoms with Crippen molar-refractivity contribution in [3.05, 3.63) is 23.8 Å². The molecule has 0 spiro atoms. The smallest absolute Gasteiger partial charge is 0.335 e. The van der Waals surface area contributed by atoms with E-state index in [0.717, 1.165) is 32.9 Å². The Bertz CT molecular complexity index is 644. The van der Waals surface area contributed by atoms with Crippen LogP contribution in [0.3, 0.4) is 0 Å². The number of hydrogen-bond acceptors (Lipinski definition) is 6. The molecular weight excluding hydrogens is 342 g/mol. The molecule has 1 saturated carbocycles. The van der Waals surface area contributed by atoms with E-state index >= 15 is 0 Å². The summed E-state index contributed by atoms with van der Waals surface area (Å²) >= 11 is 0. The zero-order valence-electron chi connectivity index (χ0n) is 14.8. The number of fused-ring (bicyclic) bond motifs is 1. The topological polar surface area (TPSA) is 125 Å². The lowest BCUT2D eigenvalue weighted by Crippen LogP contribution is -2.42. The molecule has 26 heavy (non-hydrogen) atoms. The van der Waals surface area contributed by atoms with Crippen LogP contribution in [0.15, 0.2) is 18.2 Å². The summed E-state index contributed by atoms with van der Waals surface area (Å²) in [6.07, 6.45) is 0.733. The Labute approximate surface area is 151 Å². The fourth-order valence-corrected chi connectivity index (χ4v) is 3.44. The minimum absolute atomic E-state index is 0.147. The van der Waals surface area contributed by atoms with Crippen molar-refractivity contribution in [1.82, 2.24) is 5.32 Å². The summed E-state index contributed by atoms with van der Waals surface area (Å²) in [4.78, 5) is 20.0. The molecule has 0 bridgehead atoms. The van der Waals surface area contributed by atoms with Gasteiger partial charge in [-0.25, -0.2) is 4.79 Å². The summed E-state index contributed by atoms with van der Waals surface area (Å²) in [6, 6.07) is 4.51. The predicted molar refractivity (Wildman–Crippen MR) is 92.8 cm³/mol. The second-order valence-electron chi connectivity index (χ2n) is 6.56. The number of nitrogens with one attached hydrogen (secondary N) is 1. The molecule has 144 valence electrons. The van der Waals surface area contributed by atoms with Gasteiger partial charge in [-0.05, 0) is 56.0 Å². The first-order chi connectivity index (χ1) is 12.3. The van der Waals surface area contributed by atoms with Crippen molar-refractivity contribution in [2.75, 3.05) is 20.2 Å². The lowest BCUT2D eigenvalue weighted by molar-refractivity contribution is -0.134. The predicted octanol–water partition coefficient (Wildman–Crippen LogP) is 1.22. The standard InChI is InChI=1S/C16H21NO5.C2H4O2/c1-21-15-5-9(16(19)20)2-3-13(15)22-14-6-11-8-17-7-10(11)4-12(14)18;1-2(3)4/h2-3,5,10-12,14,17-18H,4,6-8H2,1H3,(H,19,20);1H3,(H,3,4)/t10-,11+,12+,14+;/m0./s1. The van der Waals surface area contributed by atoms with Crippen molar-refractivity contribution >= 4 is 11.9 Å². The lowest BCUT2D eigenvalue weighted by atomic mass is 9.78. The highest BCUT2D eigenvalue weighted by Gasteiger charge is 2.40. The minimum Gasteiger partial charge on any atom is -0.493 e. The molecule has 1 aromatic rings. The van der Waals surface area contributed by atoms with E-state index in [-0.39, 0.29) is 11.7 Å². The summed E-state index contributed by atoms with van der Waals surface area (Å²) in [5.41, 5.74) is 0.147. The van der Waals surface area contributed by atoms with E-state index in [1.54, 1.807) is 6.07 Å². The zero-order valence-corrected chi connectivity index (χ0v) is 14.8. The fraction of sp³-hybridized carbons (Fsp3) is 0.556. The van der Waals surface area contributed by atoms with Crippen LogP contribution in [0.2, 0.25) is 0 Å². The molecule has 0 aromatic heterocycles. The molecule has 0 amide bonds. The highest BCUT2D eigenvalue weighted by atomic mass is 16.5. The average molecular weight is 367 g/mol. The number of aliphatic hydroxyl groups is 1. The molecule has 0 radical (unpaired) electrons. The monoisotopic (exact) mass is 367 g/mol. The first-order valence-corrected chi connectivity index (χ1v) is 8.48. The Morgan fingerprint density at radius 2 is 1.73 bits per heavy atom. The van der Waals surface area contributed by atoms with Crippen LogP contribution in [-0.4, -0.2) is 59.7 Å². The maximum atomic E-state index is 11.0. The number of aliphatic carboxylic acids is 1. The van der Waals surface area contributed by atoms with Crippen LogP contribution < -0.4 is 14.8 Å². The molecule has 2 fully saturated rings. The normalized spacial score (nSPS) is 26.9. The second kappa shape index (κ2) is 8.86. The number of aliphatic hydroxyl groups excluding tert-OH is 1. The molecule has 2 aliphatic rings. The van der Waals surface area contributed by atoms with Gasteiger partial charge in [0.15, 0.2) is 11.5 Å². The zero-order chi connectivity index (χ0) is 19.3. The third-order valence-corrected chi connectivity index (χ3v) is 4.68. The minimum atomic E-state index is -1.01. The quantitative estimate of drug-likeness (QED) is 0.626. The maximum Gasteiger partial charge on any atom is 0.335 e. The van der Waals surface area contributed by atoms with Crippen molar-refractivity contribution in [1.29, 1.82) is 0 Å². The molecule has 4 atom stereocenters. The molecule has 1 saturated heterocycles. The Balaban J connectivity index is 0.000000552. The molecule has 8 nitrogen and oxygen atoms in total. The summed E-state index contributed by atoms with van der Waals surface area (Å²) in [6.45, 7) is 3.01. The molecule has 1 aliphatic carbocycles.